The Kier molecular flexibility index (Phi) is 4.56. The number of piperazine rings is 1. The van der Waals surface area contributed by atoms with Gasteiger partial charge in [0, 0.05) is 31.1 Å². The number of nitrogens with zero attached hydrogens (tertiary/aromatic N) is 2. The van der Waals surface area contributed by atoms with Crippen LogP contribution in [0.5, 0.6) is 0 Å². The number of hydrogen-bond donors (Lipinski definition) is 0. The Morgan fingerprint density at radius 3 is 2.20 bits per heavy atom. The van der Waals surface area contributed by atoms with Crippen molar-refractivity contribution in [2.45, 2.75) is 64.7 Å². The number of carbonyl (C=O) groups is 2. The zero-order chi connectivity index (χ0) is 20.5. The zero-order valence-corrected chi connectivity index (χ0v) is 19.0. The predicted octanol–water partition coefficient (Wildman–Crippen LogP) is 4.37. The normalized spacial score (nSPS) is 37.4. The molecule has 6 aliphatic rings. The van der Waals surface area contributed by atoms with Crippen molar-refractivity contribution in [1.82, 2.24) is 9.80 Å². The van der Waals surface area contributed by atoms with Crippen LogP contribution in [0.25, 0.3) is 0 Å². The zero-order valence-electron chi connectivity index (χ0n) is 18.2. The lowest BCUT2D eigenvalue weighted by Crippen LogP contribution is -2.58. The maximum absolute atomic E-state index is 13.6. The molecule has 0 N–H and O–H groups in total. The quantitative estimate of drug-likeness (QED) is 0.704. The number of thiophene rings is 1. The van der Waals surface area contributed by atoms with E-state index >= 15 is 0 Å². The van der Waals surface area contributed by atoms with Gasteiger partial charge in [0.1, 0.15) is 0 Å². The molecular weight excluding hydrogens is 392 g/mol. The van der Waals surface area contributed by atoms with Crippen LogP contribution in [0.15, 0.2) is 6.07 Å². The van der Waals surface area contributed by atoms with E-state index in [2.05, 4.69) is 17.9 Å². The summed E-state index contributed by atoms with van der Waals surface area (Å²) in [6.07, 6.45) is 11.0. The molecule has 1 aromatic heterocycles. The van der Waals surface area contributed by atoms with Gasteiger partial charge in [-0.25, -0.2) is 0 Å². The highest BCUT2D eigenvalue weighted by molar-refractivity contribution is 7.14. The first-order valence-corrected chi connectivity index (χ1v) is 13.0. The van der Waals surface area contributed by atoms with Crippen LogP contribution in [0.2, 0.25) is 0 Å². The molecule has 1 aliphatic heterocycles. The van der Waals surface area contributed by atoms with Gasteiger partial charge < -0.3 is 9.80 Å². The van der Waals surface area contributed by atoms with E-state index in [4.69, 9.17) is 0 Å². The molecule has 1 unspecified atom stereocenters. The number of fused-ring (bicyclic) bond motifs is 1. The van der Waals surface area contributed by atoms with Gasteiger partial charge in [-0.2, -0.15) is 0 Å². The second-order valence-corrected chi connectivity index (χ2v) is 12.3. The topological polar surface area (TPSA) is 40.6 Å². The molecule has 1 aromatic rings. The standard InChI is InChI=1S/C25H34N2O2S/c1-16-2-3-21-20(8-16)12-22(30-21)23(28)26-4-6-27(7-5-26)24(29)25-13-17-9-18(14-25)11-19(10-17)15-25/h12,16-19H,2-11,13-15H2,1H3. The molecule has 0 spiro atoms. The van der Waals surface area contributed by atoms with Gasteiger partial charge in [-0.05, 0) is 93.1 Å². The summed E-state index contributed by atoms with van der Waals surface area (Å²) in [5.41, 5.74) is 1.35. The van der Waals surface area contributed by atoms with Crippen LogP contribution in [-0.2, 0) is 17.6 Å². The summed E-state index contributed by atoms with van der Waals surface area (Å²) in [7, 11) is 0. The van der Waals surface area contributed by atoms with Crippen LogP contribution in [0, 0.1) is 29.1 Å². The van der Waals surface area contributed by atoms with Gasteiger partial charge in [0.2, 0.25) is 5.91 Å². The molecule has 5 aliphatic carbocycles. The van der Waals surface area contributed by atoms with Crippen molar-refractivity contribution in [2.75, 3.05) is 26.2 Å². The van der Waals surface area contributed by atoms with Crippen molar-refractivity contribution in [3.63, 3.8) is 0 Å². The van der Waals surface area contributed by atoms with E-state index < -0.39 is 0 Å². The lowest BCUT2D eigenvalue weighted by Gasteiger charge is -2.57. The second kappa shape index (κ2) is 7.08. The molecule has 4 saturated carbocycles. The van der Waals surface area contributed by atoms with E-state index in [9.17, 15) is 9.59 Å². The first-order chi connectivity index (χ1) is 14.5. The SMILES string of the molecule is CC1CCc2sc(C(=O)N3CCN(C(=O)C45CC6CC(CC(C6)C4)C5)CC3)cc2C1. The van der Waals surface area contributed by atoms with E-state index in [1.54, 1.807) is 11.3 Å². The third-order valence-electron chi connectivity index (χ3n) is 8.89. The Balaban J connectivity index is 1.11. The lowest BCUT2D eigenvalue weighted by atomic mass is 9.49. The van der Waals surface area contributed by atoms with Crippen LogP contribution in [0.3, 0.4) is 0 Å². The molecule has 2 heterocycles. The van der Waals surface area contributed by atoms with Gasteiger partial charge in [0.15, 0.2) is 0 Å². The third kappa shape index (κ3) is 3.14. The summed E-state index contributed by atoms with van der Waals surface area (Å²) in [4.78, 5) is 33.2. The maximum Gasteiger partial charge on any atom is 0.264 e. The minimum Gasteiger partial charge on any atom is -0.339 e. The molecule has 5 heteroatoms. The highest BCUT2D eigenvalue weighted by Gasteiger charge is 2.55. The largest absolute Gasteiger partial charge is 0.339 e. The molecule has 162 valence electrons. The van der Waals surface area contributed by atoms with Crippen LogP contribution < -0.4 is 0 Å². The minimum absolute atomic E-state index is 0.0512. The van der Waals surface area contributed by atoms with Gasteiger partial charge >= 0.3 is 0 Å². The summed E-state index contributed by atoms with van der Waals surface area (Å²) >= 11 is 1.71. The number of amides is 2. The smallest absolute Gasteiger partial charge is 0.264 e. The molecule has 4 bridgehead atoms. The summed E-state index contributed by atoms with van der Waals surface area (Å²) in [5.74, 6) is 3.74. The van der Waals surface area contributed by atoms with Crippen molar-refractivity contribution in [2.24, 2.45) is 29.1 Å². The van der Waals surface area contributed by atoms with Crippen molar-refractivity contribution in [3.05, 3.63) is 21.4 Å². The first-order valence-electron chi connectivity index (χ1n) is 12.2. The average Bonchev–Trinajstić information content (AvgIpc) is 3.15. The van der Waals surface area contributed by atoms with Gasteiger partial charge in [-0.3, -0.25) is 9.59 Å². The lowest BCUT2D eigenvalue weighted by molar-refractivity contribution is -0.159. The fourth-order valence-corrected chi connectivity index (χ4v) is 8.96. The Hall–Kier alpha value is -1.36. The van der Waals surface area contributed by atoms with Gasteiger partial charge in [0.05, 0.1) is 10.3 Å². The molecule has 2 amide bonds. The van der Waals surface area contributed by atoms with Gasteiger partial charge in [-0.15, -0.1) is 11.3 Å². The third-order valence-corrected chi connectivity index (χ3v) is 10.1. The van der Waals surface area contributed by atoms with Crippen molar-refractivity contribution in [1.29, 1.82) is 0 Å². The Morgan fingerprint density at radius 2 is 1.57 bits per heavy atom. The van der Waals surface area contributed by atoms with Gasteiger partial charge in [0.25, 0.3) is 5.91 Å². The average molecular weight is 427 g/mol. The summed E-state index contributed by atoms with van der Waals surface area (Å²) in [6.45, 7) is 5.12. The Labute approximate surface area is 184 Å². The van der Waals surface area contributed by atoms with Gasteiger partial charge in [-0.1, -0.05) is 6.92 Å². The fraction of sp³-hybridized carbons (Fsp3) is 0.760. The molecular formula is C25H34N2O2S. The summed E-state index contributed by atoms with van der Waals surface area (Å²) < 4.78 is 0. The highest BCUT2D eigenvalue weighted by atomic mass is 32.1. The van der Waals surface area contributed by atoms with E-state index in [1.807, 2.05) is 4.90 Å². The molecule has 0 aromatic carbocycles. The Bertz CT molecular complexity index is 831. The highest BCUT2D eigenvalue weighted by Crippen LogP contribution is 2.60. The molecule has 30 heavy (non-hydrogen) atoms. The first kappa shape index (κ1) is 19.3. The second-order valence-electron chi connectivity index (χ2n) is 11.2. The number of carbonyl (C=O) groups excluding carboxylic acids is 2. The van der Waals surface area contributed by atoms with Crippen LogP contribution in [0.1, 0.15) is 72.0 Å². The van der Waals surface area contributed by atoms with Crippen molar-refractivity contribution < 1.29 is 9.59 Å². The van der Waals surface area contributed by atoms with E-state index in [-0.39, 0.29) is 11.3 Å². The Morgan fingerprint density at radius 1 is 0.967 bits per heavy atom. The summed E-state index contributed by atoms with van der Waals surface area (Å²) in [5, 5.41) is 0. The van der Waals surface area contributed by atoms with Crippen LogP contribution in [0.4, 0.5) is 0 Å². The summed E-state index contributed by atoms with van der Waals surface area (Å²) in [6, 6.07) is 2.16. The maximum atomic E-state index is 13.6. The van der Waals surface area contributed by atoms with Crippen LogP contribution >= 0.6 is 11.3 Å². The number of rotatable bonds is 2. The molecule has 7 rings (SSSR count). The van der Waals surface area contributed by atoms with E-state index in [0.29, 0.717) is 32.1 Å². The molecule has 5 fully saturated rings. The van der Waals surface area contributed by atoms with Crippen LogP contribution in [-0.4, -0.2) is 47.8 Å². The molecule has 0 radical (unpaired) electrons. The molecule has 1 atom stereocenters. The number of hydrogen-bond acceptors (Lipinski definition) is 3. The fourth-order valence-electron chi connectivity index (χ4n) is 7.79. The molecule has 4 nitrogen and oxygen atoms in total. The monoisotopic (exact) mass is 426 g/mol. The van der Waals surface area contributed by atoms with Crippen molar-refractivity contribution in [3.8, 4) is 0 Å². The predicted molar refractivity (Wildman–Crippen MR) is 119 cm³/mol. The molecule has 1 saturated heterocycles. The van der Waals surface area contributed by atoms with Crippen molar-refractivity contribution >= 4 is 23.2 Å². The van der Waals surface area contributed by atoms with E-state index in [0.717, 1.165) is 60.7 Å². The minimum atomic E-state index is -0.0512. The van der Waals surface area contributed by atoms with E-state index in [1.165, 1.54) is 36.1 Å². The number of aryl methyl sites for hydroxylation is 1.